The van der Waals surface area contributed by atoms with E-state index in [1.807, 2.05) is 21.1 Å². The number of unbranched alkanes of at least 4 members (excludes halogenated alkanes) is 15. The lowest BCUT2D eigenvalue weighted by Gasteiger charge is -2.24. The zero-order chi connectivity index (χ0) is 33.9. The highest BCUT2D eigenvalue weighted by Gasteiger charge is 2.24. The molecule has 44 heavy (non-hydrogen) atoms. The van der Waals surface area contributed by atoms with E-state index in [0.29, 0.717) is 23.8 Å². The van der Waals surface area contributed by atoms with Crippen LogP contribution in [0.4, 0.5) is 0 Å². The number of esters is 1. The summed E-state index contributed by atoms with van der Waals surface area (Å²) in [7, 11) is -1.01. The smallest absolute Gasteiger partial charge is 0.313 e. The van der Waals surface area contributed by atoms with Crippen LogP contribution in [0.2, 0.25) is 0 Å². The number of hydrogen-bond donors (Lipinski definition) is 1. The third-order valence-electron chi connectivity index (χ3n) is 6.86. The quantitative estimate of drug-likeness (QED) is 0.0340. The minimum atomic E-state index is -3.67. The van der Waals surface area contributed by atoms with Gasteiger partial charge in [-0.1, -0.05) is 103 Å². The van der Waals surface area contributed by atoms with Crippen LogP contribution in [0.3, 0.4) is 0 Å². The van der Waals surface area contributed by atoms with Crippen LogP contribution in [0.1, 0.15) is 129 Å². The molecular formula is C32H66NO9S2+. The maximum Gasteiger partial charge on any atom is 0.313 e. The molecule has 0 radical (unpaired) electrons. The topological polar surface area (TPSA) is 141 Å². The summed E-state index contributed by atoms with van der Waals surface area (Å²) in [4.78, 5) is 23.2. The lowest BCUT2D eigenvalue weighted by Crippen LogP contribution is -2.37. The fourth-order valence-corrected chi connectivity index (χ4v) is 6.11. The van der Waals surface area contributed by atoms with Gasteiger partial charge in [-0.25, -0.2) is 8.42 Å². The second kappa shape index (κ2) is 27.1. The molecule has 0 aromatic rings. The first-order chi connectivity index (χ1) is 20.4. The predicted molar refractivity (Wildman–Crippen MR) is 179 cm³/mol. The van der Waals surface area contributed by atoms with Crippen molar-refractivity contribution in [3.63, 3.8) is 0 Å². The van der Waals surface area contributed by atoms with E-state index in [9.17, 15) is 26.4 Å². The molecule has 1 N–H and O–H groups in total. The molecule has 0 aliphatic rings. The van der Waals surface area contributed by atoms with Crippen LogP contribution in [0.15, 0.2) is 0 Å². The normalized spacial score (nSPS) is 12.8. The van der Waals surface area contributed by atoms with Gasteiger partial charge in [-0.05, 0) is 13.3 Å². The standard InChI is InChI=1S/C31H62NO6S.CH4O3S/c1-6-7-8-9-10-11-12-13-14-15-16-17-18-19-20-21-24-37-27-30(38-31(34)26-29(2)33)28-39(35,36)25-22-23-32(3,4)5;1-5(2,3)4/h30H,6-28H2,1-5H3;1H3,(H,2,3,4)/q+1;. The highest BCUT2D eigenvalue weighted by molar-refractivity contribution is 7.91. The van der Waals surface area contributed by atoms with Gasteiger partial charge in [0.2, 0.25) is 0 Å². The molecule has 1 atom stereocenters. The molecular weight excluding hydrogens is 606 g/mol. The molecule has 0 saturated heterocycles. The second-order valence-electron chi connectivity index (χ2n) is 13.1. The number of quaternary nitrogens is 1. The zero-order valence-corrected chi connectivity index (χ0v) is 30.5. The van der Waals surface area contributed by atoms with Crippen molar-refractivity contribution in [1.82, 2.24) is 0 Å². The molecule has 0 saturated carbocycles. The Hall–Kier alpha value is -1.08. The van der Waals surface area contributed by atoms with Gasteiger partial charge in [0.1, 0.15) is 18.3 Å². The summed E-state index contributed by atoms with van der Waals surface area (Å²) in [5.41, 5.74) is 0. The van der Waals surface area contributed by atoms with Crippen molar-refractivity contribution in [3.8, 4) is 0 Å². The number of ketones is 1. The molecule has 0 bridgehead atoms. The fraction of sp³-hybridized carbons (Fsp3) is 0.938. The highest BCUT2D eigenvalue weighted by Crippen LogP contribution is 2.14. The van der Waals surface area contributed by atoms with Gasteiger partial charge >= 0.3 is 5.97 Å². The highest BCUT2D eigenvalue weighted by atomic mass is 32.2. The van der Waals surface area contributed by atoms with E-state index in [1.165, 1.54) is 96.8 Å². The van der Waals surface area contributed by atoms with Crippen molar-refractivity contribution in [2.45, 2.75) is 136 Å². The van der Waals surface area contributed by atoms with Gasteiger partial charge in [-0.15, -0.1) is 0 Å². The van der Waals surface area contributed by atoms with Gasteiger partial charge in [0.05, 0.1) is 52.1 Å². The van der Waals surface area contributed by atoms with Crippen molar-refractivity contribution in [2.75, 3.05) is 58.7 Å². The molecule has 1 unspecified atom stereocenters. The van der Waals surface area contributed by atoms with Gasteiger partial charge < -0.3 is 14.0 Å². The van der Waals surface area contributed by atoms with Crippen molar-refractivity contribution in [3.05, 3.63) is 0 Å². The van der Waals surface area contributed by atoms with E-state index in [0.717, 1.165) is 19.4 Å². The molecule has 0 rings (SSSR count). The predicted octanol–water partition coefficient (Wildman–Crippen LogP) is 6.17. The van der Waals surface area contributed by atoms with E-state index in [2.05, 4.69) is 6.92 Å². The number of sulfone groups is 1. The summed E-state index contributed by atoms with van der Waals surface area (Å²) in [5, 5.41) is 0. The van der Waals surface area contributed by atoms with Gasteiger partial charge in [-0.2, -0.15) is 8.42 Å². The molecule has 0 aliphatic carbocycles. The van der Waals surface area contributed by atoms with E-state index in [1.54, 1.807) is 0 Å². The Morgan fingerprint density at radius 3 is 1.52 bits per heavy atom. The first-order valence-electron chi connectivity index (χ1n) is 16.6. The Labute approximate surface area is 270 Å². The third kappa shape index (κ3) is 40.9. The number of carbonyl (C=O) groups is 2. The monoisotopic (exact) mass is 672 g/mol. The average molecular weight is 673 g/mol. The van der Waals surface area contributed by atoms with Crippen LogP contribution >= 0.6 is 0 Å². The molecule has 0 aliphatic heterocycles. The Morgan fingerprint density at radius 2 is 1.14 bits per heavy atom. The molecule has 10 nitrogen and oxygen atoms in total. The van der Waals surface area contributed by atoms with Crippen LogP contribution in [-0.4, -0.2) is 102 Å². The summed E-state index contributed by atoms with van der Waals surface area (Å²) < 4.78 is 62.8. The van der Waals surface area contributed by atoms with Crippen LogP contribution in [0.25, 0.3) is 0 Å². The number of carbonyl (C=O) groups excluding carboxylic acids is 2. The minimum absolute atomic E-state index is 0.0386. The Bertz CT molecular complexity index is 922. The number of ether oxygens (including phenoxy) is 2. The largest absolute Gasteiger partial charge is 0.458 e. The number of rotatable bonds is 28. The van der Waals surface area contributed by atoms with E-state index in [-0.39, 0.29) is 30.3 Å². The van der Waals surface area contributed by atoms with E-state index < -0.39 is 32.0 Å². The minimum Gasteiger partial charge on any atom is -0.458 e. The lowest BCUT2D eigenvalue weighted by molar-refractivity contribution is -0.870. The molecule has 0 fully saturated rings. The maximum absolute atomic E-state index is 12.6. The van der Waals surface area contributed by atoms with Crippen molar-refractivity contribution >= 4 is 31.7 Å². The molecule has 0 amide bonds. The zero-order valence-electron chi connectivity index (χ0n) is 28.8. The molecule has 0 heterocycles. The molecule has 0 aromatic heterocycles. The Kier molecular flexibility index (Phi) is 27.7. The molecule has 0 aromatic carbocycles. The second-order valence-corrected chi connectivity index (χ2v) is 16.8. The summed E-state index contributed by atoms with van der Waals surface area (Å²) >= 11 is 0. The summed E-state index contributed by atoms with van der Waals surface area (Å²) in [6.07, 6.45) is 20.9. The van der Waals surface area contributed by atoms with Crippen LogP contribution in [0, 0.1) is 0 Å². The first kappa shape index (κ1) is 45.0. The maximum atomic E-state index is 12.6. The molecule has 264 valence electrons. The SMILES string of the molecule is CCCCCCCCCCCCCCCCCCOCC(CS(=O)(=O)CCC[N+](C)(C)C)OC(=O)CC(C)=O.CS(=O)(=O)O. The number of nitrogens with zero attached hydrogens (tertiary/aromatic N) is 1. The molecule has 12 heteroatoms. The third-order valence-corrected chi connectivity index (χ3v) is 8.65. The first-order valence-corrected chi connectivity index (χ1v) is 20.3. The van der Waals surface area contributed by atoms with Crippen molar-refractivity contribution < 1.29 is 44.9 Å². The summed E-state index contributed by atoms with van der Waals surface area (Å²) in [6, 6.07) is 0. The van der Waals surface area contributed by atoms with E-state index in [4.69, 9.17) is 14.0 Å². The van der Waals surface area contributed by atoms with Gasteiger partial charge in [0.15, 0.2) is 9.84 Å². The number of Topliss-reactive ketones (excluding diaryl/α,β-unsaturated/α-hetero) is 1. The fourth-order valence-electron chi connectivity index (χ4n) is 4.64. The number of hydrogen-bond acceptors (Lipinski definition) is 8. The molecule has 0 spiro atoms. The van der Waals surface area contributed by atoms with Crippen LogP contribution < -0.4 is 0 Å². The van der Waals surface area contributed by atoms with E-state index >= 15 is 0 Å². The van der Waals surface area contributed by atoms with Gasteiger partial charge in [0, 0.05) is 13.0 Å². The lowest BCUT2D eigenvalue weighted by atomic mass is 10.0. The van der Waals surface area contributed by atoms with Crippen LogP contribution in [0.5, 0.6) is 0 Å². The van der Waals surface area contributed by atoms with Crippen molar-refractivity contribution in [1.29, 1.82) is 0 Å². The summed E-state index contributed by atoms with van der Waals surface area (Å²) in [5.74, 6) is -1.23. The van der Waals surface area contributed by atoms with Crippen LogP contribution in [-0.2, 0) is 39.0 Å². The Morgan fingerprint density at radius 1 is 0.727 bits per heavy atom. The van der Waals surface area contributed by atoms with Crippen molar-refractivity contribution in [2.24, 2.45) is 0 Å². The Balaban J connectivity index is 0. The van der Waals surface area contributed by atoms with Gasteiger partial charge in [-0.3, -0.25) is 14.1 Å². The van der Waals surface area contributed by atoms with Gasteiger partial charge in [0.25, 0.3) is 10.1 Å². The average Bonchev–Trinajstić information content (AvgIpc) is 2.85. The summed E-state index contributed by atoms with van der Waals surface area (Å²) in [6.45, 7) is 4.87.